The molecule has 32 heavy (non-hydrogen) atoms. The Kier molecular flexibility index (Phi) is 5.41. The standard InChI is InChI=1S/C25H26N6O/c1-29-9-11-31(12-10-29)25-15-19(5-7-26-25)24(32)16-22-14-21-13-18(3-4-20(21)17-27-22)23-6-8-30(2)28-23/h3-8,13-15,17H,9-12,16H2,1-2H3. The number of piperazine rings is 1. The Hall–Kier alpha value is -3.58. The van der Waals surface area contributed by atoms with E-state index < -0.39 is 0 Å². The number of pyridine rings is 2. The van der Waals surface area contributed by atoms with Gasteiger partial charge in [-0.2, -0.15) is 5.10 Å². The molecule has 0 amide bonds. The summed E-state index contributed by atoms with van der Waals surface area (Å²) in [5.41, 5.74) is 3.42. The van der Waals surface area contributed by atoms with Crippen molar-refractivity contribution in [1.29, 1.82) is 0 Å². The number of carbonyl (C=O) groups excluding carboxylic acids is 1. The van der Waals surface area contributed by atoms with Crippen molar-refractivity contribution in [3.05, 3.63) is 72.3 Å². The normalized spacial score (nSPS) is 14.8. The summed E-state index contributed by atoms with van der Waals surface area (Å²) in [4.78, 5) is 26.6. The molecule has 4 heterocycles. The molecule has 3 aromatic heterocycles. The first kappa shape index (κ1) is 20.3. The number of Topliss-reactive ketones (excluding diaryl/α,β-unsaturated/α-hetero) is 1. The van der Waals surface area contributed by atoms with Gasteiger partial charge in [-0.05, 0) is 42.8 Å². The maximum absolute atomic E-state index is 13.0. The minimum Gasteiger partial charge on any atom is -0.354 e. The van der Waals surface area contributed by atoms with Crippen molar-refractivity contribution < 1.29 is 4.79 Å². The second-order valence-corrected chi connectivity index (χ2v) is 8.41. The van der Waals surface area contributed by atoms with E-state index in [9.17, 15) is 4.79 Å². The second kappa shape index (κ2) is 8.51. The SMILES string of the molecule is CN1CCN(c2cc(C(=O)Cc3cc4cc(-c5ccn(C)n5)ccc4cn3)ccn2)CC1. The van der Waals surface area contributed by atoms with Crippen molar-refractivity contribution >= 4 is 22.4 Å². The van der Waals surface area contributed by atoms with Gasteiger partial charge in [0.15, 0.2) is 5.78 Å². The third kappa shape index (κ3) is 4.24. The molecule has 5 rings (SSSR count). The Balaban J connectivity index is 1.36. The molecular formula is C25H26N6O. The molecule has 1 fully saturated rings. The number of ketones is 1. The summed E-state index contributed by atoms with van der Waals surface area (Å²) in [6, 6.07) is 13.9. The van der Waals surface area contributed by atoms with Crippen molar-refractivity contribution in [2.75, 3.05) is 38.1 Å². The molecule has 0 radical (unpaired) electrons. The minimum absolute atomic E-state index is 0.0514. The van der Waals surface area contributed by atoms with Crippen molar-refractivity contribution in [2.45, 2.75) is 6.42 Å². The van der Waals surface area contributed by atoms with E-state index in [1.54, 1.807) is 16.9 Å². The second-order valence-electron chi connectivity index (χ2n) is 8.41. The summed E-state index contributed by atoms with van der Waals surface area (Å²) >= 11 is 0. The summed E-state index contributed by atoms with van der Waals surface area (Å²) in [6.07, 6.45) is 5.76. The van der Waals surface area contributed by atoms with E-state index in [0.29, 0.717) is 5.56 Å². The van der Waals surface area contributed by atoms with Gasteiger partial charge in [0.1, 0.15) is 5.82 Å². The highest BCUT2D eigenvalue weighted by atomic mass is 16.1. The monoisotopic (exact) mass is 426 g/mol. The number of likely N-dealkylation sites (N-methyl/N-ethyl adjacent to an activating group) is 1. The van der Waals surface area contributed by atoms with Gasteiger partial charge in [-0.25, -0.2) is 4.98 Å². The molecule has 0 bridgehead atoms. The minimum atomic E-state index is 0.0514. The summed E-state index contributed by atoms with van der Waals surface area (Å²) in [5.74, 6) is 0.922. The van der Waals surface area contributed by atoms with E-state index in [1.165, 1.54) is 0 Å². The summed E-state index contributed by atoms with van der Waals surface area (Å²) < 4.78 is 1.79. The van der Waals surface area contributed by atoms with Crippen molar-refractivity contribution in [1.82, 2.24) is 24.6 Å². The van der Waals surface area contributed by atoms with Crippen LogP contribution in [0.1, 0.15) is 16.1 Å². The van der Waals surface area contributed by atoms with Gasteiger partial charge in [0.05, 0.1) is 12.1 Å². The molecule has 162 valence electrons. The topological polar surface area (TPSA) is 67.2 Å². The lowest BCUT2D eigenvalue weighted by Crippen LogP contribution is -2.44. The molecule has 0 spiro atoms. The van der Waals surface area contributed by atoms with E-state index >= 15 is 0 Å². The first-order chi connectivity index (χ1) is 15.5. The van der Waals surface area contributed by atoms with E-state index in [2.05, 4.69) is 38.0 Å². The summed E-state index contributed by atoms with van der Waals surface area (Å²) in [5, 5.41) is 6.58. The first-order valence-electron chi connectivity index (χ1n) is 10.9. The predicted octanol–water partition coefficient (Wildman–Crippen LogP) is 3.21. The zero-order valence-electron chi connectivity index (χ0n) is 18.4. The number of nitrogens with zero attached hydrogens (tertiary/aromatic N) is 6. The van der Waals surface area contributed by atoms with Gasteiger partial charge in [0.25, 0.3) is 0 Å². The lowest BCUT2D eigenvalue weighted by Gasteiger charge is -2.33. The van der Waals surface area contributed by atoms with Crippen LogP contribution in [0.25, 0.3) is 22.0 Å². The molecule has 1 aliphatic heterocycles. The van der Waals surface area contributed by atoms with Crippen LogP contribution in [-0.2, 0) is 13.5 Å². The number of carbonyl (C=O) groups is 1. The Morgan fingerprint density at radius 2 is 1.78 bits per heavy atom. The van der Waals surface area contributed by atoms with Gasteiger partial charge < -0.3 is 9.80 Å². The van der Waals surface area contributed by atoms with Crippen LogP contribution >= 0.6 is 0 Å². The zero-order valence-corrected chi connectivity index (χ0v) is 18.4. The molecular weight excluding hydrogens is 400 g/mol. The highest BCUT2D eigenvalue weighted by Gasteiger charge is 2.17. The molecule has 0 N–H and O–H groups in total. The Morgan fingerprint density at radius 1 is 0.938 bits per heavy atom. The molecule has 0 unspecified atom stereocenters. The van der Waals surface area contributed by atoms with Gasteiger partial charge in [0, 0.05) is 74.0 Å². The van der Waals surface area contributed by atoms with E-state index in [-0.39, 0.29) is 12.2 Å². The fourth-order valence-corrected chi connectivity index (χ4v) is 4.08. The predicted molar refractivity (Wildman–Crippen MR) is 126 cm³/mol. The maximum Gasteiger partial charge on any atom is 0.169 e. The largest absolute Gasteiger partial charge is 0.354 e. The van der Waals surface area contributed by atoms with Crippen LogP contribution < -0.4 is 4.90 Å². The number of anilines is 1. The highest BCUT2D eigenvalue weighted by Crippen LogP contribution is 2.24. The van der Waals surface area contributed by atoms with Crippen LogP contribution in [-0.4, -0.2) is 63.7 Å². The molecule has 0 atom stereocenters. The Labute approximate surface area is 187 Å². The van der Waals surface area contributed by atoms with Crippen LogP contribution in [0, 0.1) is 0 Å². The molecule has 7 heteroatoms. The van der Waals surface area contributed by atoms with Gasteiger partial charge in [-0.15, -0.1) is 0 Å². The Morgan fingerprint density at radius 3 is 2.56 bits per heavy atom. The molecule has 0 aliphatic carbocycles. The van der Waals surface area contributed by atoms with E-state index in [0.717, 1.165) is 59.7 Å². The molecule has 1 aromatic carbocycles. The molecule has 7 nitrogen and oxygen atoms in total. The fourth-order valence-electron chi connectivity index (χ4n) is 4.08. The van der Waals surface area contributed by atoms with E-state index in [4.69, 9.17) is 0 Å². The van der Waals surface area contributed by atoms with Gasteiger partial charge in [-0.1, -0.05) is 12.1 Å². The number of hydrogen-bond acceptors (Lipinski definition) is 6. The van der Waals surface area contributed by atoms with E-state index in [1.807, 2.05) is 49.8 Å². The van der Waals surface area contributed by atoms with Crippen LogP contribution in [0.4, 0.5) is 5.82 Å². The van der Waals surface area contributed by atoms with Crippen molar-refractivity contribution in [2.24, 2.45) is 7.05 Å². The number of benzene rings is 1. The maximum atomic E-state index is 13.0. The Bertz CT molecular complexity index is 1270. The van der Waals surface area contributed by atoms with Crippen LogP contribution in [0.2, 0.25) is 0 Å². The third-order valence-electron chi connectivity index (χ3n) is 6.02. The van der Waals surface area contributed by atoms with Gasteiger partial charge in [-0.3, -0.25) is 14.5 Å². The third-order valence-corrected chi connectivity index (χ3v) is 6.02. The molecule has 1 aliphatic rings. The summed E-state index contributed by atoms with van der Waals surface area (Å²) in [7, 11) is 4.03. The summed E-state index contributed by atoms with van der Waals surface area (Å²) in [6.45, 7) is 3.85. The number of hydrogen-bond donors (Lipinski definition) is 0. The number of aromatic nitrogens is 4. The van der Waals surface area contributed by atoms with Crippen LogP contribution in [0.3, 0.4) is 0 Å². The smallest absolute Gasteiger partial charge is 0.169 e. The fraction of sp³-hybridized carbons (Fsp3) is 0.280. The zero-order chi connectivity index (χ0) is 22.1. The quantitative estimate of drug-likeness (QED) is 0.457. The average Bonchev–Trinajstić information content (AvgIpc) is 3.25. The first-order valence-corrected chi connectivity index (χ1v) is 10.9. The lowest BCUT2D eigenvalue weighted by atomic mass is 10.0. The van der Waals surface area contributed by atoms with Gasteiger partial charge in [0.2, 0.25) is 0 Å². The van der Waals surface area contributed by atoms with Crippen molar-refractivity contribution in [3.8, 4) is 11.3 Å². The number of aryl methyl sites for hydroxylation is 1. The van der Waals surface area contributed by atoms with Gasteiger partial charge >= 0.3 is 0 Å². The molecule has 0 saturated carbocycles. The van der Waals surface area contributed by atoms with Crippen LogP contribution in [0.15, 0.2) is 61.1 Å². The average molecular weight is 427 g/mol. The van der Waals surface area contributed by atoms with Crippen LogP contribution in [0.5, 0.6) is 0 Å². The number of rotatable bonds is 5. The number of fused-ring (bicyclic) bond motifs is 1. The van der Waals surface area contributed by atoms with Crippen molar-refractivity contribution in [3.63, 3.8) is 0 Å². The molecule has 1 saturated heterocycles. The molecule has 4 aromatic rings. The highest BCUT2D eigenvalue weighted by molar-refractivity contribution is 5.98. The lowest BCUT2D eigenvalue weighted by molar-refractivity contribution is 0.0992.